The zero-order chi connectivity index (χ0) is 15.4. The fourth-order valence-corrected chi connectivity index (χ4v) is 4.97. The predicted molar refractivity (Wildman–Crippen MR) is 79.6 cm³/mol. The highest BCUT2D eigenvalue weighted by Gasteiger charge is 2.54. The van der Waals surface area contributed by atoms with Crippen molar-refractivity contribution in [3.8, 4) is 0 Å². The quantitative estimate of drug-likeness (QED) is 0.548. The van der Waals surface area contributed by atoms with E-state index in [1.807, 2.05) is 7.05 Å². The van der Waals surface area contributed by atoms with Gasteiger partial charge in [-0.3, -0.25) is 4.79 Å². The lowest BCUT2D eigenvalue weighted by molar-refractivity contribution is -0.149. The molecule has 0 heterocycles. The highest BCUT2D eigenvalue weighted by molar-refractivity contribution is 5.87. The Balaban J connectivity index is 1.71. The molecule has 0 aliphatic heterocycles. The lowest BCUT2D eigenvalue weighted by atomic mass is 9.52. The van der Waals surface area contributed by atoms with Gasteiger partial charge in [-0.25, -0.2) is 4.79 Å². The van der Waals surface area contributed by atoms with Crippen molar-refractivity contribution in [2.24, 2.45) is 23.2 Å². The summed E-state index contributed by atoms with van der Waals surface area (Å²) in [6.45, 7) is 5.31. The molecule has 4 fully saturated rings. The lowest BCUT2D eigenvalue weighted by Gasteiger charge is -2.59. The van der Waals surface area contributed by atoms with Gasteiger partial charge in [0.2, 0.25) is 0 Å². The van der Waals surface area contributed by atoms with Gasteiger partial charge in [-0.1, -0.05) is 0 Å². The molecule has 0 aromatic carbocycles. The van der Waals surface area contributed by atoms with Crippen molar-refractivity contribution in [3.05, 3.63) is 0 Å². The van der Waals surface area contributed by atoms with Crippen LogP contribution in [0.25, 0.3) is 0 Å². The Morgan fingerprint density at radius 1 is 1.00 bits per heavy atom. The number of nitrogens with zero attached hydrogens (tertiary/aromatic N) is 1. The molecular weight excluding hydrogens is 266 g/mol. The molecule has 0 spiro atoms. The maximum Gasteiger partial charge on any atom is 0.417 e. The van der Waals surface area contributed by atoms with Crippen LogP contribution in [-0.4, -0.2) is 29.5 Å². The SMILES string of the molecule is CN(C(=O)OC(=O)C(C)(C)C)C12CC3CC(CC(C3)C1)C2. The summed E-state index contributed by atoms with van der Waals surface area (Å²) in [7, 11) is 1.82. The Morgan fingerprint density at radius 2 is 1.43 bits per heavy atom. The van der Waals surface area contributed by atoms with Crippen LogP contribution in [-0.2, 0) is 9.53 Å². The van der Waals surface area contributed by atoms with Crippen LogP contribution in [0, 0.1) is 23.2 Å². The van der Waals surface area contributed by atoms with E-state index in [0.29, 0.717) is 0 Å². The van der Waals surface area contributed by atoms with Crippen LogP contribution in [0.2, 0.25) is 0 Å². The van der Waals surface area contributed by atoms with Gasteiger partial charge in [-0.2, -0.15) is 0 Å². The van der Waals surface area contributed by atoms with E-state index in [0.717, 1.165) is 37.0 Å². The second-order valence-corrected chi connectivity index (χ2v) is 8.61. The monoisotopic (exact) mass is 293 g/mol. The largest absolute Gasteiger partial charge is 0.417 e. The number of rotatable bonds is 1. The Labute approximate surface area is 127 Å². The normalized spacial score (nSPS) is 37.4. The molecule has 0 saturated heterocycles. The Hall–Kier alpha value is -1.06. The van der Waals surface area contributed by atoms with Crippen molar-refractivity contribution in [2.45, 2.75) is 64.8 Å². The highest BCUT2D eigenvalue weighted by atomic mass is 16.6. The zero-order valence-corrected chi connectivity index (χ0v) is 13.6. The van der Waals surface area contributed by atoms with Gasteiger partial charge in [-0.05, 0) is 77.0 Å². The molecule has 4 heteroatoms. The molecule has 0 atom stereocenters. The zero-order valence-electron chi connectivity index (χ0n) is 13.6. The van der Waals surface area contributed by atoms with E-state index in [1.165, 1.54) is 19.3 Å². The van der Waals surface area contributed by atoms with Gasteiger partial charge >= 0.3 is 12.1 Å². The average molecular weight is 293 g/mol. The Morgan fingerprint density at radius 3 is 1.81 bits per heavy atom. The van der Waals surface area contributed by atoms with E-state index >= 15 is 0 Å². The first-order valence-electron chi connectivity index (χ1n) is 8.20. The molecule has 0 N–H and O–H groups in total. The van der Waals surface area contributed by atoms with E-state index in [1.54, 1.807) is 25.7 Å². The van der Waals surface area contributed by atoms with Gasteiger partial charge in [0.05, 0.1) is 5.41 Å². The van der Waals surface area contributed by atoms with E-state index in [-0.39, 0.29) is 5.54 Å². The summed E-state index contributed by atoms with van der Waals surface area (Å²) in [5.74, 6) is 1.86. The number of ether oxygens (including phenoxy) is 1. The van der Waals surface area contributed by atoms with Crippen molar-refractivity contribution in [3.63, 3.8) is 0 Å². The number of carbonyl (C=O) groups excluding carboxylic acids is 2. The molecule has 4 saturated carbocycles. The van der Waals surface area contributed by atoms with Gasteiger partial charge < -0.3 is 9.64 Å². The molecule has 4 aliphatic rings. The topological polar surface area (TPSA) is 46.6 Å². The molecule has 4 rings (SSSR count). The maximum atomic E-state index is 12.4. The Kier molecular flexibility index (Phi) is 3.34. The second kappa shape index (κ2) is 4.72. The van der Waals surface area contributed by atoms with Gasteiger partial charge in [0.25, 0.3) is 0 Å². The summed E-state index contributed by atoms with van der Waals surface area (Å²) < 4.78 is 5.11. The standard InChI is InChI=1S/C17H27NO3/c1-16(2,3)14(19)21-15(20)18(4)17-8-11-5-12(9-17)7-13(6-11)10-17/h11-13H,5-10H2,1-4H3. The molecule has 0 radical (unpaired) electrons. The first-order chi connectivity index (χ1) is 9.69. The van der Waals surface area contributed by atoms with Crippen LogP contribution in [0.3, 0.4) is 0 Å². The van der Waals surface area contributed by atoms with Crippen molar-refractivity contribution in [1.29, 1.82) is 0 Å². The summed E-state index contributed by atoms with van der Waals surface area (Å²) in [6, 6.07) is 0. The van der Waals surface area contributed by atoms with Crippen molar-refractivity contribution in [1.82, 2.24) is 4.90 Å². The van der Waals surface area contributed by atoms with Crippen molar-refractivity contribution in [2.75, 3.05) is 7.05 Å². The molecule has 1 amide bonds. The average Bonchev–Trinajstić information content (AvgIpc) is 2.34. The number of esters is 1. The predicted octanol–water partition coefficient (Wildman–Crippen LogP) is 3.60. The number of amides is 1. The van der Waals surface area contributed by atoms with Gasteiger partial charge in [0, 0.05) is 12.6 Å². The summed E-state index contributed by atoms with van der Waals surface area (Å²) in [5, 5.41) is 0. The lowest BCUT2D eigenvalue weighted by Crippen LogP contribution is -2.60. The van der Waals surface area contributed by atoms with Crippen LogP contribution in [0.1, 0.15) is 59.3 Å². The van der Waals surface area contributed by atoms with Crippen molar-refractivity contribution >= 4 is 12.1 Å². The van der Waals surface area contributed by atoms with Gasteiger partial charge in [0.15, 0.2) is 0 Å². The van der Waals surface area contributed by atoms with E-state index in [4.69, 9.17) is 4.74 Å². The molecule has 0 unspecified atom stereocenters. The molecule has 4 nitrogen and oxygen atoms in total. The minimum absolute atomic E-state index is 0.0516. The molecule has 0 aromatic heterocycles. The third kappa shape index (κ3) is 2.58. The number of carbonyl (C=O) groups is 2. The maximum absolute atomic E-state index is 12.4. The summed E-state index contributed by atoms with van der Waals surface area (Å²) in [6.07, 6.45) is 6.82. The third-order valence-corrected chi connectivity index (χ3v) is 5.78. The molecule has 4 bridgehead atoms. The number of hydrogen-bond donors (Lipinski definition) is 0. The fourth-order valence-electron chi connectivity index (χ4n) is 4.97. The minimum Gasteiger partial charge on any atom is -0.376 e. The molecule has 118 valence electrons. The third-order valence-electron chi connectivity index (χ3n) is 5.78. The molecular formula is C17H27NO3. The molecule has 0 aromatic rings. The second-order valence-electron chi connectivity index (χ2n) is 8.61. The smallest absolute Gasteiger partial charge is 0.376 e. The van der Waals surface area contributed by atoms with E-state index in [2.05, 4.69) is 0 Å². The summed E-state index contributed by atoms with van der Waals surface area (Å²) >= 11 is 0. The minimum atomic E-state index is -0.641. The van der Waals surface area contributed by atoms with Crippen molar-refractivity contribution < 1.29 is 14.3 Å². The summed E-state index contributed by atoms with van der Waals surface area (Å²) in [5.41, 5.74) is -0.692. The van der Waals surface area contributed by atoms with E-state index in [9.17, 15) is 9.59 Å². The first kappa shape index (κ1) is 14.9. The van der Waals surface area contributed by atoms with Crippen LogP contribution >= 0.6 is 0 Å². The first-order valence-corrected chi connectivity index (χ1v) is 8.20. The molecule has 4 aliphatic carbocycles. The Bertz CT molecular complexity index is 428. The van der Waals surface area contributed by atoms with Gasteiger partial charge in [0.1, 0.15) is 0 Å². The highest BCUT2D eigenvalue weighted by Crippen LogP contribution is 2.57. The van der Waals surface area contributed by atoms with Crippen LogP contribution in [0.4, 0.5) is 4.79 Å². The summed E-state index contributed by atoms with van der Waals surface area (Å²) in [4.78, 5) is 26.1. The van der Waals surface area contributed by atoms with Crippen LogP contribution in [0.5, 0.6) is 0 Å². The molecule has 21 heavy (non-hydrogen) atoms. The van der Waals surface area contributed by atoms with Crippen LogP contribution < -0.4 is 0 Å². The fraction of sp³-hybridized carbons (Fsp3) is 0.882. The van der Waals surface area contributed by atoms with Gasteiger partial charge in [-0.15, -0.1) is 0 Å². The number of hydrogen-bond acceptors (Lipinski definition) is 3. The van der Waals surface area contributed by atoms with E-state index < -0.39 is 17.5 Å². The van der Waals surface area contributed by atoms with Crippen LogP contribution in [0.15, 0.2) is 0 Å².